The fourth-order valence-corrected chi connectivity index (χ4v) is 2.39. The van der Waals surface area contributed by atoms with Gasteiger partial charge in [0.2, 0.25) is 0 Å². The molecule has 1 aromatic rings. The third-order valence-corrected chi connectivity index (χ3v) is 3.63. The van der Waals surface area contributed by atoms with Crippen LogP contribution in [0.4, 0.5) is 4.39 Å². The molecule has 1 nitrogen and oxygen atoms in total. The zero-order valence-corrected chi connectivity index (χ0v) is 12.3. The van der Waals surface area contributed by atoms with E-state index < -0.39 is 0 Å². The van der Waals surface area contributed by atoms with Gasteiger partial charge in [-0.15, -0.1) is 0 Å². The van der Waals surface area contributed by atoms with Crippen molar-refractivity contribution in [3.8, 4) is 0 Å². The molecule has 0 saturated heterocycles. The summed E-state index contributed by atoms with van der Waals surface area (Å²) in [7, 11) is 0. The summed E-state index contributed by atoms with van der Waals surface area (Å²) in [4.78, 5) is 0. The number of nitrogens with one attached hydrogen (secondary N) is 1. The molecular formula is C14H21BrFN. The topological polar surface area (TPSA) is 12.0 Å². The van der Waals surface area contributed by atoms with Crippen LogP contribution in [0.3, 0.4) is 0 Å². The smallest absolute Gasteiger partial charge is 0.124 e. The highest BCUT2D eigenvalue weighted by molar-refractivity contribution is 9.10. The van der Waals surface area contributed by atoms with Gasteiger partial charge in [-0.2, -0.15) is 0 Å². The van der Waals surface area contributed by atoms with Crippen molar-refractivity contribution < 1.29 is 4.39 Å². The summed E-state index contributed by atoms with van der Waals surface area (Å²) in [5, 5.41) is 3.35. The maximum atomic E-state index is 13.2. The molecule has 0 aromatic heterocycles. The van der Waals surface area contributed by atoms with Crippen molar-refractivity contribution in [3.05, 3.63) is 34.1 Å². The summed E-state index contributed by atoms with van der Waals surface area (Å²) < 4.78 is 14.1. The highest BCUT2D eigenvalue weighted by atomic mass is 79.9. The minimum Gasteiger partial charge on any atom is -0.317 e. The van der Waals surface area contributed by atoms with Gasteiger partial charge >= 0.3 is 0 Å². The predicted molar refractivity (Wildman–Crippen MR) is 74.7 cm³/mol. The Bertz CT molecular complexity index is 334. The Kier molecular flexibility index (Phi) is 6.14. The van der Waals surface area contributed by atoms with Crippen molar-refractivity contribution in [2.75, 3.05) is 13.1 Å². The molecule has 0 spiro atoms. The van der Waals surface area contributed by atoms with E-state index in [1.165, 1.54) is 6.07 Å². The van der Waals surface area contributed by atoms with Crippen molar-refractivity contribution in [2.45, 2.75) is 27.2 Å². The lowest BCUT2D eigenvalue weighted by atomic mass is 9.89. The predicted octanol–water partition coefficient (Wildman–Crippen LogP) is 4.01. The summed E-state index contributed by atoms with van der Waals surface area (Å²) in [5.74, 6) is 0.973. The second-order valence-corrected chi connectivity index (χ2v) is 5.66. The normalized spacial score (nSPS) is 14.6. The fraction of sp³-hybridized carbons (Fsp3) is 0.571. The van der Waals surface area contributed by atoms with Gasteiger partial charge in [-0.25, -0.2) is 4.39 Å². The van der Waals surface area contributed by atoms with Gasteiger partial charge in [-0.1, -0.05) is 36.7 Å². The van der Waals surface area contributed by atoms with Crippen LogP contribution in [0.1, 0.15) is 26.3 Å². The second-order valence-electron chi connectivity index (χ2n) is 4.74. The van der Waals surface area contributed by atoms with Crippen molar-refractivity contribution >= 4 is 15.9 Å². The van der Waals surface area contributed by atoms with Gasteiger partial charge in [0.15, 0.2) is 0 Å². The standard InChI is InChI=1S/C14H21BrFN/c1-4-17-9-11(3)10(2)5-12-6-13(15)8-14(16)7-12/h6-8,10-11,17H,4-5,9H2,1-3H3. The molecule has 0 aliphatic carbocycles. The highest BCUT2D eigenvalue weighted by Crippen LogP contribution is 2.21. The Balaban J connectivity index is 2.57. The second kappa shape index (κ2) is 7.12. The van der Waals surface area contributed by atoms with Crippen molar-refractivity contribution in [1.82, 2.24) is 5.32 Å². The molecule has 3 heteroatoms. The summed E-state index contributed by atoms with van der Waals surface area (Å²) >= 11 is 3.33. The number of halogens is 2. The van der Waals surface area contributed by atoms with E-state index in [-0.39, 0.29) is 5.82 Å². The van der Waals surface area contributed by atoms with E-state index in [0.29, 0.717) is 11.8 Å². The Labute approximate surface area is 112 Å². The van der Waals surface area contributed by atoms with Crippen LogP contribution in [0, 0.1) is 17.7 Å². The van der Waals surface area contributed by atoms with Gasteiger partial charge < -0.3 is 5.32 Å². The summed E-state index contributed by atoms with van der Waals surface area (Å²) in [6, 6.07) is 5.12. The average Bonchev–Trinajstić information content (AvgIpc) is 2.24. The quantitative estimate of drug-likeness (QED) is 0.837. The van der Waals surface area contributed by atoms with Gasteiger partial charge in [-0.05, 0) is 55.1 Å². The van der Waals surface area contributed by atoms with E-state index in [1.54, 1.807) is 6.07 Å². The van der Waals surface area contributed by atoms with Crippen molar-refractivity contribution in [1.29, 1.82) is 0 Å². The number of rotatable bonds is 6. The lowest BCUT2D eigenvalue weighted by molar-refractivity contribution is 0.368. The van der Waals surface area contributed by atoms with Crippen LogP contribution in [-0.4, -0.2) is 13.1 Å². The number of hydrogen-bond acceptors (Lipinski definition) is 1. The molecule has 0 bridgehead atoms. The van der Waals surface area contributed by atoms with E-state index in [4.69, 9.17) is 0 Å². The first-order valence-electron chi connectivity index (χ1n) is 6.18. The molecule has 0 fully saturated rings. The Morgan fingerprint density at radius 1 is 1.24 bits per heavy atom. The first kappa shape index (κ1) is 14.7. The van der Waals surface area contributed by atoms with E-state index >= 15 is 0 Å². The minimum absolute atomic E-state index is 0.166. The molecule has 0 aliphatic rings. The SMILES string of the molecule is CCNCC(C)C(C)Cc1cc(F)cc(Br)c1. The zero-order chi connectivity index (χ0) is 12.8. The van der Waals surface area contributed by atoms with Crippen LogP contribution in [0.25, 0.3) is 0 Å². The number of hydrogen-bond donors (Lipinski definition) is 1. The van der Waals surface area contributed by atoms with E-state index in [2.05, 4.69) is 42.0 Å². The van der Waals surface area contributed by atoms with Gasteiger partial charge in [0.25, 0.3) is 0 Å². The molecule has 0 amide bonds. The summed E-state index contributed by atoms with van der Waals surface area (Å²) in [6.45, 7) is 8.60. The van der Waals surface area contributed by atoms with E-state index in [0.717, 1.165) is 29.5 Å². The molecule has 0 aliphatic heterocycles. The average molecular weight is 302 g/mol. The Morgan fingerprint density at radius 2 is 1.94 bits per heavy atom. The fourth-order valence-electron chi connectivity index (χ4n) is 1.87. The maximum absolute atomic E-state index is 13.2. The summed E-state index contributed by atoms with van der Waals surface area (Å²) in [6.07, 6.45) is 0.920. The van der Waals surface area contributed by atoms with Crippen LogP contribution in [0.15, 0.2) is 22.7 Å². The lowest BCUT2D eigenvalue weighted by Gasteiger charge is -2.20. The van der Waals surface area contributed by atoms with E-state index in [9.17, 15) is 4.39 Å². The molecule has 1 rings (SSSR count). The van der Waals surface area contributed by atoms with Crippen LogP contribution < -0.4 is 5.32 Å². The first-order valence-corrected chi connectivity index (χ1v) is 6.98. The molecule has 17 heavy (non-hydrogen) atoms. The highest BCUT2D eigenvalue weighted by Gasteiger charge is 2.13. The Hall–Kier alpha value is -0.410. The van der Waals surface area contributed by atoms with Crippen LogP contribution >= 0.6 is 15.9 Å². The van der Waals surface area contributed by atoms with Crippen LogP contribution in [-0.2, 0) is 6.42 Å². The van der Waals surface area contributed by atoms with Gasteiger partial charge in [0.1, 0.15) is 5.82 Å². The maximum Gasteiger partial charge on any atom is 0.124 e. The molecule has 0 saturated carbocycles. The van der Waals surface area contributed by atoms with Crippen molar-refractivity contribution in [3.63, 3.8) is 0 Å². The van der Waals surface area contributed by atoms with Crippen LogP contribution in [0.2, 0.25) is 0 Å². The molecule has 1 aromatic carbocycles. The third-order valence-electron chi connectivity index (χ3n) is 3.17. The molecule has 0 heterocycles. The van der Waals surface area contributed by atoms with Crippen molar-refractivity contribution in [2.24, 2.45) is 11.8 Å². The van der Waals surface area contributed by atoms with Gasteiger partial charge in [0.05, 0.1) is 0 Å². The Morgan fingerprint density at radius 3 is 2.53 bits per heavy atom. The third kappa shape index (κ3) is 5.17. The molecule has 2 atom stereocenters. The molecular weight excluding hydrogens is 281 g/mol. The van der Waals surface area contributed by atoms with E-state index in [1.807, 2.05) is 6.07 Å². The molecule has 2 unspecified atom stereocenters. The molecule has 1 N–H and O–H groups in total. The molecule has 96 valence electrons. The monoisotopic (exact) mass is 301 g/mol. The summed E-state index contributed by atoms with van der Waals surface area (Å²) in [5.41, 5.74) is 1.06. The van der Waals surface area contributed by atoms with Gasteiger partial charge in [-0.3, -0.25) is 0 Å². The number of benzene rings is 1. The first-order chi connectivity index (χ1) is 8.02. The van der Waals surface area contributed by atoms with Gasteiger partial charge in [0, 0.05) is 4.47 Å². The van der Waals surface area contributed by atoms with Crippen LogP contribution in [0.5, 0.6) is 0 Å². The largest absolute Gasteiger partial charge is 0.317 e. The zero-order valence-electron chi connectivity index (χ0n) is 10.8. The lowest BCUT2D eigenvalue weighted by Crippen LogP contribution is -2.25. The molecule has 0 radical (unpaired) electrons. The minimum atomic E-state index is -0.166.